The number of hydrogen-bond donors (Lipinski definition) is 0. The second-order valence-electron chi connectivity index (χ2n) is 34.6. The average Bonchev–Trinajstić information content (AvgIpc) is 1.44. The first kappa shape index (κ1) is 80.7. The second kappa shape index (κ2) is 29.5. The van der Waals surface area contributed by atoms with Crippen LogP contribution in [0, 0.1) is 90.6 Å². The second-order valence-corrected chi connectivity index (χ2v) is 34.6. The van der Waals surface area contributed by atoms with E-state index in [-0.39, 0.29) is 141 Å². The van der Waals surface area contributed by atoms with Gasteiger partial charge in [0.1, 0.15) is 11.2 Å². The van der Waals surface area contributed by atoms with E-state index in [0.717, 1.165) is 46.0 Å². The monoisotopic (exact) mass is 1780 g/mol. The first-order valence-corrected chi connectivity index (χ1v) is 42.9. The Kier molecular flexibility index (Phi) is 17.4. The Labute approximate surface area is 768 Å². The molecule has 24 aromatic rings. The van der Waals surface area contributed by atoms with Crippen LogP contribution in [0.2, 0.25) is 0 Å². The fraction of sp³-hybridized carbons (Fsp3) is 0.0545. The molecule has 27 heteroatoms. The molecule has 0 atom stereocenters. The van der Waals surface area contributed by atoms with E-state index in [1.165, 1.54) is 12.1 Å². The summed E-state index contributed by atoms with van der Waals surface area (Å²) in [6.07, 6.45) is -9.95. The predicted octanol–water partition coefficient (Wildman–Crippen LogP) is 25.8. The van der Waals surface area contributed by atoms with Crippen LogP contribution in [0.4, 0.5) is 26.3 Å². The lowest BCUT2D eigenvalue weighted by Crippen LogP contribution is -2.13. The Balaban J connectivity index is 0.821. The highest BCUT2D eigenvalue weighted by atomic mass is 19.4. The molecule has 24 rings (SSSR count). The quantitative estimate of drug-likeness (QED) is 0.121. The molecule has 9 heterocycles. The Bertz CT molecular complexity index is 9900. The number of aromatic nitrogens is 12. The standard InChI is InChI=1S/C110H54F6N20O/c1-108(2,3)65-22-31-88-79(43-65)68-10-4-7-13-86(68)131(88)95-32-23-66(109(111,112)113)44-84(95)102-125-104(133-89-25-16-57(49-117)34-72(89)73-35-58(50-118)17-26-90(73)133)129-106(127-102)135-93-29-20-61(53-121)38-76(93)78-42-64(56-124)71(46-98(78)135)82-40-63(55-123)41-83-77-39-62(54-122)21-30-94(77)136(101(82)83)107-128-103(126-105(130-107)134-91-27-18-59(51-119)36-74(91)75-37-60(52-120)19-28-92(75)134)85-45-67(110(114,115)116)24-33-96(85)132-87-14-8-5-11-69(87)80-48-100-81(47-97(80)132)70-12-6-9-15-99(70)137-100/h4-48H,1-3H3. The molecule has 0 aliphatic carbocycles. The van der Waals surface area contributed by atoms with Crippen molar-refractivity contribution in [1.82, 2.24) is 57.3 Å². The van der Waals surface area contributed by atoms with Gasteiger partial charge in [0.05, 0.1) is 182 Å². The third-order valence-electron chi connectivity index (χ3n) is 26.0. The Morgan fingerprint density at radius 1 is 0.241 bits per heavy atom. The van der Waals surface area contributed by atoms with Crippen LogP contribution in [0.5, 0.6) is 0 Å². The molecule has 137 heavy (non-hydrogen) atoms. The van der Waals surface area contributed by atoms with Gasteiger partial charge in [-0.3, -0.25) is 18.3 Å². The molecule has 0 radical (unpaired) electrons. The van der Waals surface area contributed by atoms with Crippen molar-refractivity contribution in [2.75, 3.05) is 0 Å². The van der Waals surface area contributed by atoms with Crippen LogP contribution < -0.4 is 0 Å². The summed E-state index contributed by atoms with van der Waals surface area (Å²) < 4.78 is 113. The number of furan rings is 1. The Morgan fingerprint density at radius 3 is 1.02 bits per heavy atom. The van der Waals surface area contributed by atoms with Gasteiger partial charge < -0.3 is 13.6 Å². The normalized spacial score (nSPS) is 12.1. The first-order chi connectivity index (χ1) is 66.4. The number of rotatable bonds is 9. The molecule has 9 aromatic heterocycles. The van der Waals surface area contributed by atoms with Crippen molar-refractivity contribution in [3.8, 4) is 118 Å². The zero-order valence-corrected chi connectivity index (χ0v) is 71.6. The molecule has 0 unspecified atom stereocenters. The lowest BCUT2D eigenvalue weighted by atomic mass is 9.86. The lowest BCUT2D eigenvalue weighted by Gasteiger charge is -2.20. The maximum absolute atomic E-state index is 16.2. The molecule has 0 bridgehead atoms. The van der Waals surface area contributed by atoms with Crippen molar-refractivity contribution in [3.05, 3.63) is 334 Å². The van der Waals surface area contributed by atoms with Crippen molar-refractivity contribution >= 4 is 153 Å². The molecule has 0 aliphatic rings. The summed E-state index contributed by atoms with van der Waals surface area (Å²) >= 11 is 0. The summed E-state index contributed by atoms with van der Waals surface area (Å²) in [6, 6.07) is 92.7. The topological polar surface area (TPSA) is 310 Å². The van der Waals surface area contributed by atoms with Crippen molar-refractivity contribution in [2.24, 2.45) is 0 Å². The van der Waals surface area contributed by atoms with Gasteiger partial charge in [-0.05, 0) is 223 Å². The summed E-state index contributed by atoms with van der Waals surface area (Å²) in [5.41, 5.74) is 6.11. The van der Waals surface area contributed by atoms with Gasteiger partial charge in [0.15, 0.2) is 11.6 Å². The summed E-state index contributed by atoms with van der Waals surface area (Å²) in [5.74, 6) is -1.52. The number of benzene rings is 15. The van der Waals surface area contributed by atoms with Crippen LogP contribution in [-0.2, 0) is 17.8 Å². The molecule has 21 nitrogen and oxygen atoms in total. The van der Waals surface area contributed by atoms with E-state index in [0.29, 0.717) is 115 Å². The summed E-state index contributed by atoms with van der Waals surface area (Å²) in [4.78, 5) is 32.3. The molecule has 15 aromatic carbocycles. The number of para-hydroxylation sites is 3. The van der Waals surface area contributed by atoms with Gasteiger partial charge in [0.25, 0.3) is 0 Å². The number of fused-ring (bicyclic) bond motifs is 21. The Hall–Kier alpha value is -19.6. The molecule has 0 N–H and O–H groups in total. The van der Waals surface area contributed by atoms with Gasteiger partial charge in [-0.15, -0.1) is 0 Å². The van der Waals surface area contributed by atoms with E-state index in [4.69, 9.17) is 34.3 Å². The highest BCUT2D eigenvalue weighted by molar-refractivity contribution is 6.20. The lowest BCUT2D eigenvalue weighted by molar-refractivity contribution is -0.138. The minimum absolute atomic E-state index is 0.0184. The maximum atomic E-state index is 16.2. The van der Waals surface area contributed by atoms with Gasteiger partial charge in [0, 0.05) is 97.7 Å². The van der Waals surface area contributed by atoms with Gasteiger partial charge >= 0.3 is 12.4 Å². The van der Waals surface area contributed by atoms with Gasteiger partial charge in [-0.2, -0.15) is 98.3 Å². The first-order valence-electron chi connectivity index (χ1n) is 42.9. The molecular formula is C110H54F6N20O. The van der Waals surface area contributed by atoms with E-state index >= 15 is 26.3 Å². The molecule has 0 spiro atoms. The van der Waals surface area contributed by atoms with Crippen molar-refractivity contribution in [1.29, 1.82) is 42.1 Å². The number of halogens is 6. The zero-order chi connectivity index (χ0) is 93.8. The number of hydrogen-bond acceptors (Lipinski definition) is 15. The number of nitriles is 8. The summed E-state index contributed by atoms with van der Waals surface area (Å²) in [6.45, 7) is 6.25. The Morgan fingerprint density at radius 2 is 0.584 bits per heavy atom. The van der Waals surface area contributed by atoms with Crippen LogP contribution in [0.15, 0.2) is 277 Å². The van der Waals surface area contributed by atoms with Crippen LogP contribution in [0.25, 0.3) is 222 Å². The predicted molar refractivity (Wildman–Crippen MR) is 509 cm³/mol. The van der Waals surface area contributed by atoms with Crippen molar-refractivity contribution < 1.29 is 30.8 Å². The molecular weight excluding hydrogens is 1730 g/mol. The largest absolute Gasteiger partial charge is 0.456 e. The van der Waals surface area contributed by atoms with Crippen LogP contribution in [-0.4, -0.2) is 57.3 Å². The number of nitrogens with zero attached hydrogens (tertiary/aromatic N) is 20. The third kappa shape index (κ3) is 12.3. The average molecular weight is 1790 g/mol. The van der Waals surface area contributed by atoms with E-state index in [9.17, 15) is 42.1 Å². The van der Waals surface area contributed by atoms with Gasteiger partial charge in [-0.25, -0.2) is 0 Å². The summed E-state index contributed by atoms with van der Waals surface area (Å²) in [5, 5.41) is 95.1. The van der Waals surface area contributed by atoms with Crippen LogP contribution in [0.3, 0.4) is 0 Å². The smallest absolute Gasteiger partial charge is 0.416 e. The molecule has 0 amide bonds. The van der Waals surface area contributed by atoms with E-state index in [1.807, 2.05) is 106 Å². The fourth-order valence-electron chi connectivity index (χ4n) is 19.8. The van der Waals surface area contributed by atoms with Gasteiger partial charge in [-0.1, -0.05) is 81.4 Å². The fourth-order valence-corrected chi connectivity index (χ4v) is 19.8. The van der Waals surface area contributed by atoms with E-state index < -0.39 is 23.5 Å². The summed E-state index contributed by atoms with van der Waals surface area (Å²) in [7, 11) is 0. The van der Waals surface area contributed by atoms with E-state index in [2.05, 4.69) is 75.4 Å². The van der Waals surface area contributed by atoms with Crippen LogP contribution in [0.1, 0.15) is 82.0 Å². The van der Waals surface area contributed by atoms with Crippen molar-refractivity contribution in [3.63, 3.8) is 0 Å². The molecule has 0 saturated heterocycles. The molecule has 642 valence electrons. The SMILES string of the molecule is CC(C)(C)c1ccc2c(c1)c1ccccc1n2-c1ccc(C(F)(F)F)cc1-c1nc(-n2c3ccc(C#N)cc3c3cc(C#N)ccc32)nc(-n2c3ccc(C#N)cc3c3cc(C#N)c(-c4cc(C#N)cc5c6cc(C#N)ccc6n(-c6nc(-c7cc(C(F)(F)F)ccc7-n7c8ccccc8c8cc9oc%10ccccc%10c9cc87)nc(-n7c8ccc(C#N)cc8c8cc(C#N)ccc87)n6)c45)cc32)n1. The number of alkyl halides is 6. The molecule has 0 aliphatic heterocycles. The van der Waals surface area contributed by atoms with E-state index in [1.54, 1.807) is 152 Å². The third-order valence-corrected chi connectivity index (χ3v) is 26.0. The minimum atomic E-state index is -4.99. The highest BCUT2D eigenvalue weighted by Gasteiger charge is 2.37. The van der Waals surface area contributed by atoms with Crippen LogP contribution >= 0.6 is 0 Å². The minimum Gasteiger partial charge on any atom is -0.456 e. The van der Waals surface area contributed by atoms with Gasteiger partial charge in [0.2, 0.25) is 23.8 Å². The maximum Gasteiger partial charge on any atom is 0.416 e. The highest BCUT2D eigenvalue weighted by Crippen LogP contribution is 2.50. The molecule has 0 fully saturated rings. The molecule has 0 saturated carbocycles. The zero-order valence-electron chi connectivity index (χ0n) is 71.6. The van der Waals surface area contributed by atoms with Crippen molar-refractivity contribution in [2.45, 2.75) is 38.5 Å².